The lowest BCUT2D eigenvalue weighted by Crippen LogP contribution is -2.10. The third-order valence-corrected chi connectivity index (χ3v) is 3.42. The zero-order valence-corrected chi connectivity index (χ0v) is 12.2. The molecule has 0 bridgehead atoms. The van der Waals surface area contributed by atoms with Gasteiger partial charge >= 0.3 is 0 Å². The SMILES string of the molecule is Cc1cccc2cc(C(=O)COc3cccc(Cl)c3)oc12. The van der Waals surface area contributed by atoms with Crippen molar-refractivity contribution in [2.24, 2.45) is 0 Å². The molecule has 2 aromatic carbocycles. The number of rotatable bonds is 4. The van der Waals surface area contributed by atoms with Gasteiger partial charge in [-0.1, -0.05) is 35.9 Å². The van der Waals surface area contributed by atoms with E-state index >= 15 is 0 Å². The van der Waals surface area contributed by atoms with Gasteiger partial charge in [0.1, 0.15) is 11.3 Å². The summed E-state index contributed by atoms with van der Waals surface area (Å²) in [5, 5.41) is 1.49. The normalized spacial score (nSPS) is 10.8. The van der Waals surface area contributed by atoms with E-state index < -0.39 is 0 Å². The van der Waals surface area contributed by atoms with Gasteiger partial charge in [-0.25, -0.2) is 0 Å². The van der Waals surface area contributed by atoms with Crippen molar-refractivity contribution in [1.82, 2.24) is 0 Å². The second-order valence-corrected chi connectivity index (χ2v) is 5.21. The molecule has 3 nitrogen and oxygen atoms in total. The highest BCUT2D eigenvalue weighted by Gasteiger charge is 2.14. The lowest BCUT2D eigenvalue weighted by atomic mass is 10.2. The van der Waals surface area contributed by atoms with E-state index in [0.29, 0.717) is 16.5 Å². The molecule has 0 aliphatic heterocycles. The molecule has 4 heteroatoms. The number of benzene rings is 2. The molecule has 0 amide bonds. The average molecular weight is 301 g/mol. The van der Waals surface area contributed by atoms with Gasteiger partial charge in [0.15, 0.2) is 12.4 Å². The highest BCUT2D eigenvalue weighted by Crippen LogP contribution is 2.23. The van der Waals surface area contributed by atoms with Crippen molar-refractivity contribution < 1.29 is 13.9 Å². The first-order valence-corrected chi connectivity index (χ1v) is 6.92. The Morgan fingerprint density at radius 1 is 1.19 bits per heavy atom. The Balaban J connectivity index is 1.76. The maximum atomic E-state index is 12.1. The monoisotopic (exact) mass is 300 g/mol. The topological polar surface area (TPSA) is 39.4 Å². The van der Waals surface area contributed by atoms with Crippen LogP contribution in [0.3, 0.4) is 0 Å². The standard InChI is InChI=1S/C17H13ClO3/c1-11-4-2-5-12-8-16(21-17(11)12)15(19)10-20-14-7-3-6-13(18)9-14/h2-9H,10H2,1H3. The number of carbonyl (C=O) groups excluding carboxylic acids is 1. The first-order valence-electron chi connectivity index (χ1n) is 6.54. The summed E-state index contributed by atoms with van der Waals surface area (Å²) in [6.07, 6.45) is 0. The number of hydrogen-bond acceptors (Lipinski definition) is 3. The molecule has 0 fully saturated rings. The molecule has 0 saturated heterocycles. The van der Waals surface area contributed by atoms with Crippen LogP contribution in [0.1, 0.15) is 16.1 Å². The maximum Gasteiger partial charge on any atom is 0.235 e. The Morgan fingerprint density at radius 3 is 2.76 bits per heavy atom. The second-order valence-electron chi connectivity index (χ2n) is 4.77. The Bertz CT molecular complexity index is 805. The molecule has 21 heavy (non-hydrogen) atoms. The molecule has 3 aromatic rings. The summed E-state index contributed by atoms with van der Waals surface area (Å²) in [5.74, 6) is 0.662. The molecular weight excluding hydrogens is 288 g/mol. The predicted octanol–water partition coefficient (Wildman–Crippen LogP) is 4.66. The molecular formula is C17H13ClO3. The third kappa shape index (κ3) is 2.93. The molecule has 0 atom stereocenters. The van der Waals surface area contributed by atoms with Gasteiger partial charge in [0.25, 0.3) is 0 Å². The molecule has 0 saturated carbocycles. The van der Waals surface area contributed by atoms with Gasteiger partial charge < -0.3 is 9.15 Å². The van der Waals surface area contributed by atoms with E-state index in [1.807, 2.05) is 25.1 Å². The molecule has 0 spiro atoms. The summed E-state index contributed by atoms with van der Waals surface area (Å²) >= 11 is 5.86. The fourth-order valence-corrected chi connectivity index (χ4v) is 2.30. The van der Waals surface area contributed by atoms with Crippen molar-refractivity contribution in [3.63, 3.8) is 0 Å². The van der Waals surface area contributed by atoms with Crippen LogP contribution < -0.4 is 4.74 Å². The van der Waals surface area contributed by atoms with Crippen molar-refractivity contribution in [3.8, 4) is 5.75 Å². The van der Waals surface area contributed by atoms with Crippen LogP contribution >= 0.6 is 11.6 Å². The number of furan rings is 1. The highest BCUT2D eigenvalue weighted by molar-refractivity contribution is 6.30. The van der Waals surface area contributed by atoms with Gasteiger partial charge in [-0.05, 0) is 36.8 Å². The number of para-hydroxylation sites is 1. The number of carbonyl (C=O) groups is 1. The molecule has 0 aliphatic rings. The smallest absolute Gasteiger partial charge is 0.235 e. The number of ether oxygens (including phenoxy) is 1. The molecule has 106 valence electrons. The summed E-state index contributed by atoms with van der Waals surface area (Å²) in [6.45, 7) is 1.86. The number of halogens is 1. The molecule has 0 unspecified atom stereocenters. The van der Waals surface area contributed by atoms with E-state index in [0.717, 1.165) is 16.5 Å². The van der Waals surface area contributed by atoms with Crippen molar-refractivity contribution >= 4 is 28.4 Å². The van der Waals surface area contributed by atoms with Gasteiger partial charge in [-0.3, -0.25) is 4.79 Å². The van der Waals surface area contributed by atoms with E-state index in [1.165, 1.54) is 0 Å². The summed E-state index contributed by atoms with van der Waals surface area (Å²) in [6, 6.07) is 14.5. The fraction of sp³-hybridized carbons (Fsp3) is 0.118. The Kier molecular flexibility index (Phi) is 3.67. The zero-order valence-electron chi connectivity index (χ0n) is 11.4. The van der Waals surface area contributed by atoms with Crippen LogP contribution in [0.5, 0.6) is 5.75 Å². The van der Waals surface area contributed by atoms with E-state index in [9.17, 15) is 4.79 Å². The Hall–Kier alpha value is -2.26. The summed E-state index contributed by atoms with van der Waals surface area (Å²) in [5.41, 5.74) is 1.74. The summed E-state index contributed by atoms with van der Waals surface area (Å²) in [4.78, 5) is 12.1. The van der Waals surface area contributed by atoms with Crippen molar-refractivity contribution in [3.05, 3.63) is 64.9 Å². The van der Waals surface area contributed by atoms with Gasteiger partial charge in [0.2, 0.25) is 5.78 Å². The minimum absolute atomic E-state index is 0.0841. The van der Waals surface area contributed by atoms with Crippen LogP contribution in [0.4, 0.5) is 0 Å². The number of Topliss-reactive ketones (excluding diaryl/α,β-unsaturated/α-hetero) is 1. The fourth-order valence-electron chi connectivity index (χ4n) is 2.12. The number of ketones is 1. The Morgan fingerprint density at radius 2 is 2.00 bits per heavy atom. The molecule has 0 radical (unpaired) electrons. The number of fused-ring (bicyclic) bond motifs is 1. The second kappa shape index (κ2) is 5.62. The first-order chi connectivity index (χ1) is 10.1. The number of aryl methyl sites for hydroxylation is 1. The summed E-state index contributed by atoms with van der Waals surface area (Å²) in [7, 11) is 0. The lowest BCUT2D eigenvalue weighted by Gasteiger charge is -2.04. The van der Waals surface area contributed by atoms with Crippen LogP contribution in [0.25, 0.3) is 11.0 Å². The van der Waals surface area contributed by atoms with E-state index in [-0.39, 0.29) is 12.4 Å². The van der Waals surface area contributed by atoms with Crippen LogP contribution in [0.15, 0.2) is 52.9 Å². The molecule has 0 aliphatic carbocycles. The highest BCUT2D eigenvalue weighted by atomic mass is 35.5. The molecule has 1 heterocycles. The number of hydrogen-bond donors (Lipinski definition) is 0. The quantitative estimate of drug-likeness (QED) is 0.658. The van der Waals surface area contributed by atoms with Crippen LogP contribution in [0, 0.1) is 6.92 Å². The van der Waals surface area contributed by atoms with E-state index in [2.05, 4.69) is 0 Å². The first kappa shape index (κ1) is 13.7. The van der Waals surface area contributed by atoms with Crippen molar-refractivity contribution in [2.45, 2.75) is 6.92 Å². The van der Waals surface area contributed by atoms with Gasteiger partial charge in [0.05, 0.1) is 0 Å². The molecule has 3 rings (SSSR count). The van der Waals surface area contributed by atoms with Crippen LogP contribution in [-0.4, -0.2) is 12.4 Å². The van der Waals surface area contributed by atoms with Crippen LogP contribution in [-0.2, 0) is 0 Å². The van der Waals surface area contributed by atoms with E-state index in [1.54, 1.807) is 30.3 Å². The van der Waals surface area contributed by atoms with Crippen LogP contribution in [0.2, 0.25) is 5.02 Å². The minimum atomic E-state index is -0.203. The maximum absolute atomic E-state index is 12.1. The minimum Gasteiger partial charge on any atom is -0.485 e. The van der Waals surface area contributed by atoms with Gasteiger partial charge in [0, 0.05) is 10.4 Å². The van der Waals surface area contributed by atoms with Gasteiger partial charge in [-0.2, -0.15) is 0 Å². The van der Waals surface area contributed by atoms with Crippen molar-refractivity contribution in [1.29, 1.82) is 0 Å². The largest absolute Gasteiger partial charge is 0.485 e. The lowest BCUT2D eigenvalue weighted by molar-refractivity contribution is 0.0896. The van der Waals surface area contributed by atoms with E-state index in [4.69, 9.17) is 20.8 Å². The molecule has 0 N–H and O–H groups in total. The third-order valence-electron chi connectivity index (χ3n) is 3.18. The molecule has 1 aromatic heterocycles. The Labute approximate surface area is 127 Å². The average Bonchev–Trinajstić information content (AvgIpc) is 2.90. The van der Waals surface area contributed by atoms with Crippen molar-refractivity contribution in [2.75, 3.05) is 6.61 Å². The zero-order chi connectivity index (χ0) is 14.8. The van der Waals surface area contributed by atoms with Gasteiger partial charge in [-0.15, -0.1) is 0 Å². The predicted molar refractivity (Wildman–Crippen MR) is 82.2 cm³/mol. The summed E-state index contributed by atoms with van der Waals surface area (Å²) < 4.78 is 11.1.